The molecular weight excluding hydrogens is 388 g/mol. The van der Waals surface area contributed by atoms with Crippen molar-refractivity contribution >= 4 is 43.7 Å². The van der Waals surface area contributed by atoms with Gasteiger partial charge < -0.3 is 4.79 Å². The predicted molar refractivity (Wildman–Crippen MR) is 88.9 cm³/mol. The van der Waals surface area contributed by atoms with Gasteiger partial charge in [-0.05, 0) is 42.0 Å². The van der Waals surface area contributed by atoms with Gasteiger partial charge in [0.15, 0.2) is 9.84 Å². The van der Waals surface area contributed by atoms with E-state index in [0.29, 0.717) is 5.02 Å². The lowest BCUT2D eigenvalue weighted by molar-refractivity contribution is -0.108. The van der Waals surface area contributed by atoms with Crippen LogP contribution in [0, 0.1) is 5.92 Å². The van der Waals surface area contributed by atoms with Gasteiger partial charge in [-0.15, -0.1) is 0 Å². The summed E-state index contributed by atoms with van der Waals surface area (Å²) in [5.74, 6) is -0.784. The Morgan fingerprint density at radius 3 is 2.14 bits per heavy atom. The van der Waals surface area contributed by atoms with Crippen LogP contribution in [-0.2, 0) is 14.6 Å². The Bertz CT molecular complexity index is 800. The Hall–Kier alpha value is -1.17. The second-order valence-corrected chi connectivity index (χ2v) is 8.71. The Labute approximate surface area is 142 Å². The summed E-state index contributed by atoms with van der Waals surface area (Å²) in [6.45, 7) is 0. The lowest BCUT2D eigenvalue weighted by Gasteiger charge is -2.04. The molecule has 0 saturated heterocycles. The molecule has 0 radical (unpaired) electrons. The van der Waals surface area contributed by atoms with Crippen molar-refractivity contribution in [2.24, 2.45) is 5.92 Å². The molecule has 0 spiro atoms. The number of carbonyl (C=O) groups excluding carboxylic acids is 1. The average molecular weight is 400 g/mol. The first kappa shape index (κ1) is 15.7. The first-order chi connectivity index (χ1) is 10.4. The van der Waals surface area contributed by atoms with Gasteiger partial charge in [0, 0.05) is 21.3 Å². The largest absolute Gasteiger partial charge is 0.303 e. The van der Waals surface area contributed by atoms with Crippen LogP contribution in [0.2, 0.25) is 5.02 Å². The lowest BCUT2D eigenvalue weighted by atomic mass is 10.1. The molecule has 0 unspecified atom stereocenters. The molecule has 3 atom stereocenters. The molecule has 3 rings (SSSR count). The Morgan fingerprint density at radius 1 is 1.00 bits per heavy atom. The minimum atomic E-state index is -3.55. The van der Waals surface area contributed by atoms with Gasteiger partial charge in [-0.3, -0.25) is 0 Å². The molecule has 3 nitrogen and oxygen atoms in total. The maximum Gasteiger partial charge on any atom is 0.182 e. The average Bonchev–Trinajstić information content (AvgIpc) is 3.24. The van der Waals surface area contributed by atoms with Gasteiger partial charge in [-0.2, -0.15) is 0 Å². The fourth-order valence-corrected chi connectivity index (χ4v) is 5.25. The van der Waals surface area contributed by atoms with E-state index >= 15 is 0 Å². The predicted octanol–water partition coefficient (Wildman–Crippen LogP) is 3.86. The molecule has 0 N–H and O–H groups in total. The third kappa shape index (κ3) is 2.73. The van der Waals surface area contributed by atoms with E-state index < -0.39 is 21.0 Å². The topological polar surface area (TPSA) is 51.2 Å². The fourth-order valence-electron chi connectivity index (χ4n) is 2.75. The van der Waals surface area contributed by atoms with Gasteiger partial charge in [0.05, 0.1) is 10.1 Å². The molecule has 2 aromatic carbocycles. The summed E-state index contributed by atoms with van der Waals surface area (Å²) < 4.78 is 26.3. The van der Waals surface area contributed by atoms with Crippen molar-refractivity contribution in [3.05, 3.63) is 63.6 Å². The molecule has 0 aromatic heterocycles. The van der Waals surface area contributed by atoms with Crippen LogP contribution in [0.1, 0.15) is 11.5 Å². The molecule has 0 bridgehead atoms. The molecule has 0 amide bonds. The molecule has 22 heavy (non-hydrogen) atoms. The zero-order chi connectivity index (χ0) is 15.9. The number of rotatable bonds is 4. The summed E-state index contributed by atoms with van der Waals surface area (Å²) in [5, 5.41) is -0.224. The van der Waals surface area contributed by atoms with E-state index in [2.05, 4.69) is 15.9 Å². The van der Waals surface area contributed by atoms with Gasteiger partial charge in [0.1, 0.15) is 6.29 Å². The molecule has 0 aliphatic heterocycles. The van der Waals surface area contributed by atoms with E-state index in [0.717, 1.165) is 16.3 Å². The van der Waals surface area contributed by atoms with Crippen LogP contribution in [-0.4, -0.2) is 20.0 Å². The number of halogens is 2. The van der Waals surface area contributed by atoms with Crippen LogP contribution >= 0.6 is 27.5 Å². The third-order valence-corrected chi connectivity index (χ3v) is 6.95. The summed E-state index contributed by atoms with van der Waals surface area (Å²) in [5.41, 5.74) is 0.864. The van der Waals surface area contributed by atoms with Gasteiger partial charge in [-0.1, -0.05) is 39.7 Å². The SMILES string of the molecule is O=C[C@H]1[C@@H](c2ccc(Br)cc2)[C@@H]1S(=O)(=O)c1ccc(Cl)cc1. The Morgan fingerprint density at radius 2 is 1.59 bits per heavy atom. The molecule has 6 heteroatoms. The zero-order valence-electron chi connectivity index (χ0n) is 11.3. The standard InChI is InChI=1S/C16H12BrClO3S/c17-11-3-1-10(2-4-11)15-14(9-19)16(15)22(20,21)13-7-5-12(18)6-8-13/h1-9,14-16H/t14-,15+,16+/m0/s1. The molecule has 114 valence electrons. The first-order valence-corrected chi connectivity index (χ1v) is 9.37. The van der Waals surface area contributed by atoms with E-state index in [1.165, 1.54) is 12.1 Å². The minimum absolute atomic E-state index is 0.202. The molecular formula is C16H12BrClO3S. The highest BCUT2D eigenvalue weighted by Crippen LogP contribution is 2.52. The lowest BCUT2D eigenvalue weighted by Crippen LogP contribution is -2.11. The zero-order valence-corrected chi connectivity index (χ0v) is 14.5. The maximum absolute atomic E-state index is 12.7. The van der Waals surface area contributed by atoms with E-state index in [9.17, 15) is 13.2 Å². The number of carbonyl (C=O) groups is 1. The summed E-state index contributed by atoms with van der Waals surface area (Å²) in [6, 6.07) is 13.4. The maximum atomic E-state index is 12.7. The van der Waals surface area contributed by atoms with Gasteiger partial charge in [-0.25, -0.2) is 8.42 Å². The van der Waals surface area contributed by atoms with Crippen LogP contribution in [0.5, 0.6) is 0 Å². The highest BCUT2D eigenvalue weighted by Gasteiger charge is 2.58. The highest BCUT2D eigenvalue weighted by molar-refractivity contribution is 9.10. The quantitative estimate of drug-likeness (QED) is 0.734. The monoisotopic (exact) mass is 398 g/mol. The second-order valence-electron chi connectivity index (χ2n) is 5.25. The van der Waals surface area contributed by atoms with E-state index in [1.807, 2.05) is 24.3 Å². The van der Waals surface area contributed by atoms with Crippen LogP contribution in [0.25, 0.3) is 0 Å². The first-order valence-electron chi connectivity index (χ1n) is 6.65. The molecule has 1 aliphatic rings. The third-order valence-electron chi connectivity index (χ3n) is 3.92. The van der Waals surface area contributed by atoms with Crippen LogP contribution in [0.3, 0.4) is 0 Å². The summed E-state index contributed by atoms with van der Waals surface area (Å²) >= 11 is 9.14. The summed E-state index contributed by atoms with van der Waals surface area (Å²) in [7, 11) is -3.55. The van der Waals surface area contributed by atoms with E-state index in [4.69, 9.17) is 11.6 Å². The molecule has 2 aromatic rings. The van der Waals surface area contributed by atoms with Crippen molar-refractivity contribution in [3.8, 4) is 0 Å². The van der Waals surface area contributed by atoms with Crippen molar-refractivity contribution < 1.29 is 13.2 Å². The molecule has 1 saturated carbocycles. The summed E-state index contributed by atoms with van der Waals surface area (Å²) in [6.07, 6.45) is 0.741. The number of hydrogen-bond donors (Lipinski definition) is 0. The van der Waals surface area contributed by atoms with Gasteiger partial charge in [0.2, 0.25) is 0 Å². The Kier molecular flexibility index (Phi) is 4.14. The summed E-state index contributed by atoms with van der Waals surface area (Å²) in [4.78, 5) is 11.5. The Balaban J connectivity index is 1.95. The van der Waals surface area contributed by atoms with Crippen molar-refractivity contribution in [2.75, 3.05) is 0 Å². The van der Waals surface area contributed by atoms with Gasteiger partial charge >= 0.3 is 0 Å². The smallest absolute Gasteiger partial charge is 0.182 e. The van der Waals surface area contributed by atoms with Crippen molar-refractivity contribution in [1.82, 2.24) is 0 Å². The van der Waals surface area contributed by atoms with E-state index in [-0.39, 0.29) is 10.8 Å². The number of hydrogen-bond acceptors (Lipinski definition) is 3. The van der Waals surface area contributed by atoms with Crippen LogP contribution < -0.4 is 0 Å². The number of aldehydes is 1. The number of benzene rings is 2. The molecule has 0 heterocycles. The molecule has 1 fully saturated rings. The van der Waals surface area contributed by atoms with Crippen molar-refractivity contribution in [2.45, 2.75) is 16.1 Å². The van der Waals surface area contributed by atoms with E-state index in [1.54, 1.807) is 12.1 Å². The second kappa shape index (κ2) is 5.80. The normalized spacial score (nSPS) is 24.0. The minimum Gasteiger partial charge on any atom is -0.303 e. The molecule has 1 aliphatic carbocycles. The van der Waals surface area contributed by atoms with Crippen LogP contribution in [0.15, 0.2) is 57.9 Å². The van der Waals surface area contributed by atoms with Gasteiger partial charge in [0.25, 0.3) is 0 Å². The van der Waals surface area contributed by atoms with Crippen molar-refractivity contribution in [1.29, 1.82) is 0 Å². The van der Waals surface area contributed by atoms with Crippen molar-refractivity contribution in [3.63, 3.8) is 0 Å². The highest BCUT2D eigenvalue weighted by atomic mass is 79.9. The van der Waals surface area contributed by atoms with Crippen LogP contribution in [0.4, 0.5) is 0 Å². The fraction of sp³-hybridized carbons (Fsp3) is 0.188. The number of sulfone groups is 1.